The van der Waals surface area contributed by atoms with Crippen LogP contribution < -0.4 is 10.0 Å². The molecule has 0 aromatic carbocycles. The maximum absolute atomic E-state index is 12.4. The van der Waals surface area contributed by atoms with Gasteiger partial charge < -0.3 is 9.88 Å². The number of hydrogen-bond acceptors (Lipinski definition) is 5. The molecule has 116 valence electrons. The van der Waals surface area contributed by atoms with Crippen molar-refractivity contribution in [3.63, 3.8) is 0 Å². The Morgan fingerprint density at radius 3 is 2.67 bits per heavy atom. The molecule has 8 heteroatoms. The second-order valence-corrected chi connectivity index (χ2v) is 7.64. The zero-order valence-electron chi connectivity index (χ0n) is 12.5. The van der Waals surface area contributed by atoms with Crippen molar-refractivity contribution in [2.24, 2.45) is 0 Å². The second kappa shape index (κ2) is 6.17. The predicted octanol–water partition coefficient (Wildman–Crippen LogP) is 2.35. The molecule has 2 rings (SSSR count). The van der Waals surface area contributed by atoms with Crippen molar-refractivity contribution in [3.8, 4) is 0 Å². The molecule has 2 heterocycles. The van der Waals surface area contributed by atoms with Gasteiger partial charge in [0.05, 0.1) is 5.69 Å². The first kappa shape index (κ1) is 16.0. The van der Waals surface area contributed by atoms with E-state index in [1.54, 1.807) is 12.3 Å². The summed E-state index contributed by atoms with van der Waals surface area (Å²) in [5, 5.41) is 5.25. The van der Waals surface area contributed by atoms with E-state index in [1.165, 1.54) is 11.3 Å². The summed E-state index contributed by atoms with van der Waals surface area (Å²) in [6.45, 7) is 6.49. The molecule has 2 aromatic heterocycles. The van der Waals surface area contributed by atoms with E-state index in [9.17, 15) is 8.42 Å². The summed E-state index contributed by atoms with van der Waals surface area (Å²) in [6.07, 6.45) is 1.67. The van der Waals surface area contributed by atoms with Crippen LogP contribution in [-0.4, -0.2) is 25.0 Å². The third-order valence-corrected chi connectivity index (χ3v) is 5.28. The Balaban J connectivity index is 2.33. The predicted molar refractivity (Wildman–Crippen MR) is 85.2 cm³/mol. The third-order valence-electron chi connectivity index (χ3n) is 2.97. The number of rotatable bonds is 6. The van der Waals surface area contributed by atoms with Crippen LogP contribution in [0.5, 0.6) is 0 Å². The van der Waals surface area contributed by atoms with Gasteiger partial charge in [-0.25, -0.2) is 13.4 Å². The molecule has 2 N–H and O–H groups in total. The Kier molecular flexibility index (Phi) is 4.70. The maximum atomic E-state index is 12.4. The normalized spacial score (nSPS) is 12.0. The van der Waals surface area contributed by atoms with Crippen molar-refractivity contribution in [3.05, 3.63) is 29.0 Å². The van der Waals surface area contributed by atoms with Crippen LogP contribution in [0, 0.1) is 6.92 Å². The van der Waals surface area contributed by atoms with Crippen LogP contribution >= 0.6 is 11.3 Å². The highest BCUT2D eigenvalue weighted by Crippen LogP contribution is 2.23. The van der Waals surface area contributed by atoms with E-state index in [-0.39, 0.29) is 10.9 Å². The zero-order chi connectivity index (χ0) is 15.6. The molecule has 21 heavy (non-hydrogen) atoms. The monoisotopic (exact) mass is 328 g/mol. The molecule has 0 atom stereocenters. The highest BCUT2D eigenvalue weighted by Gasteiger charge is 2.20. The molecule has 2 aromatic rings. The van der Waals surface area contributed by atoms with Gasteiger partial charge in [-0.3, -0.25) is 4.72 Å². The van der Waals surface area contributed by atoms with Crippen LogP contribution in [0.25, 0.3) is 0 Å². The first-order valence-corrected chi connectivity index (χ1v) is 9.00. The lowest BCUT2D eigenvalue weighted by Crippen LogP contribution is -2.12. The summed E-state index contributed by atoms with van der Waals surface area (Å²) in [5.74, 6) is 0. The zero-order valence-corrected chi connectivity index (χ0v) is 14.2. The number of hydrogen-bond donors (Lipinski definition) is 2. The Labute approximate surface area is 129 Å². The minimum atomic E-state index is -3.60. The van der Waals surface area contributed by atoms with Crippen LogP contribution in [0.4, 0.5) is 5.13 Å². The number of aryl methyl sites for hydroxylation is 1. The van der Waals surface area contributed by atoms with Crippen LogP contribution in [0.3, 0.4) is 0 Å². The molecule has 0 fully saturated rings. The molecule has 0 aliphatic heterocycles. The standard InChI is InChI=1S/C13H20N4O2S2/c1-9(2)17-7-12(5-11(17)6-14-4)21(18,19)16-13-15-10(3)8-20-13/h5,7-9,14H,6H2,1-4H3,(H,15,16). The lowest BCUT2D eigenvalue weighted by molar-refractivity contribution is 0.562. The van der Waals surface area contributed by atoms with E-state index >= 15 is 0 Å². The molecule has 6 nitrogen and oxygen atoms in total. The molecule has 0 bridgehead atoms. The molecule has 0 amide bonds. The van der Waals surface area contributed by atoms with E-state index in [0.29, 0.717) is 11.7 Å². The largest absolute Gasteiger partial charge is 0.346 e. The van der Waals surface area contributed by atoms with Crippen molar-refractivity contribution in [1.82, 2.24) is 14.9 Å². The van der Waals surface area contributed by atoms with Gasteiger partial charge in [0.1, 0.15) is 4.90 Å². The van der Waals surface area contributed by atoms with Gasteiger partial charge in [0.15, 0.2) is 5.13 Å². The lowest BCUT2D eigenvalue weighted by Gasteiger charge is -2.11. The fourth-order valence-electron chi connectivity index (χ4n) is 2.02. The molecule has 0 aliphatic rings. The Morgan fingerprint density at radius 1 is 1.43 bits per heavy atom. The van der Waals surface area contributed by atoms with Crippen molar-refractivity contribution >= 4 is 26.5 Å². The van der Waals surface area contributed by atoms with E-state index in [2.05, 4.69) is 15.0 Å². The number of anilines is 1. The summed E-state index contributed by atoms with van der Waals surface area (Å²) >= 11 is 1.28. The Hall–Kier alpha value is -1.38. The van der Waals surface area contributed by atoms with E-state index in [1.807, 2.05) is 37.8 Å². The molecule has 0 spiro atoms. The minimum Gasteiger partial charge on any atom is -0.346 e. The van der Waals surface area contributed by atoms with Crippen molar-refractivity contribution in [2.75, 3.05) is 11.8 Å². The van der Waals surface area contributed by atoms with Crippen LogP contribution in [0.15, 0.2) is 22.5 Å². The molecule has 0 aliphatic carbocycles. The van der Waals surface area contributed by atoms with Crippen molar-refractivity contribution in [2.45, 2.75) is 38.3 Å². The average molecular weight is 328 g/mol. The summed E-state index contributed by atoms with van der Waals surface area (Å²) in [7, 11) is -1.77. The topological polar surface area (TPSA) is 76.0 Å². The van der Waals surface area contributed by atoms with E-state index in [0.717, 1.165) is 11.4 Å². The summed E-state index contributed by atoms with van der Waals surface area (Å²) in [5.41, 5.74) is 1.73. The SMILES string of the molecule is CNCc1cc(S(=O)(=O)Nc2nc(C)cs2)cn1C(C)C. The first-order chi connectivity index (χ1) is 9.83. The van der Waals surface area contributed by atoms with E-state index < -0.39 is 10.0 Å². The maximum Gasteiger partial charge on any atom is 0.265 e. The van der Waals surface area contributed by atoms with E-state index in [4.69, 9.17) is 0 Å². The smallest absolute Gasteiger partial charge is 0.265 e. The van der Waals surface area contributed by atoms with Gasteiger partial charge >= 0.3 is 0 Å². The van der Waals surface area contributed by atoms with Gasteiger partial charge in [-0.2, -0.15) is 0 Å². The van der Waals surface area contributed by atoms with Gasteiger partial charge in [-0.15, -0.1) is 11.3 Å². The number of aromatic nitrogens is 2. The highest BCUT2D eigenvalue weighted by molar-refractivity contribution is 7.93. The molecule has 0 saturated carbocycles. The highest BCUT2D eigenvalue weighted by atomic mass is 32.2. The Morgan fingerprint density at radius 2 is 2.14 bits per heavy atom. The van der Waals surface area contributed by atoms with Gasteiger partial charge in [0.2, 0.25) is 0 Å². The first-order valence-electron chi connectivity index (χ1n) is 6.64. The fourth-order valence-corrected chi connectivity index (χ4v) is 4.01. The van der Waals surface area contributed by atoms with Crippen molar-refractivity contribution in [1.29, 1.82) is 0 Å². The molecule has 0 unspecified atom stereocenters. The second-order valence-electron chi connectivity index (χ2n) is 5.10. The minimum absolute atomic E-state index is 0.194. The quantitative estimate of drug-likeness (QED) is 0.853. The van der Waals surface area contributed by atoms with Gasteiger partial charge in [-0.1, -0.05) is 0 Å². The summed E-state index contributed by atoms with van der Waals surface area (Å²) < 4.78 is 29.3. The van der Waals surface area contributed by atoms with Crippen LogP contribution in [-0.2, 0) is 16.6 Å². The van der Waals surface area contributed by atoms with Crippen molar-refractivity contribution < 1.29 is 8.42 Å². The lowest BCUT2D eigenvalue weighted by atomic mass is 10.3. The van der Waals surface area contributed by atoms with Gasteiger partial charge in [0, 0.05) is 29.9 Å². The molecule has 0 radical (unpaired) electrons. The number of thiazole rings is 1. The molecular weight excluding hydrogens is 308 g/mol. The Bertz CT molecular complexity index is 716. The van der Waals surface area contributed by atoms with Gasteiger partial charge in [-0.05, 0) is 33.9 Å². The van der Waals surface area contributed by atoms with Crippen LogP contribution in [0.1, 0.15) is 31.3 Å². The number of nitrogens with zero attached hydrogens (tertiary/aromatic N) is 2. The number of nitrogens with one attached hydrogen (secondary N) is 2. The fraction of sp³-hybridized carbons (Fsp3) is 0.462. The molecule has 0 saturated heterocycles. The summed E-state index contributed by atoms with van der Waals surface area (Å²) in [4.78, 5) is 4.39. The molecular formula is C13H20N4O2S2. The number of sulfonamides is 1. The average Bonchev–Trinajstić information content (AvgIpc) is 2.96. The third kappa shape index (κ3) is 3.63. The van der Waals surface area contributed by atoms with Crippen LogP contribution in [0.2, 0.25) is 0 Å². The summed E-state index contributed by atoms with van der Waals surface area (Å²) in [6, 6.07) is 1.89. The van der Waals surface area contributed by atoms with Gasteiger partial charge in [0.25, 0.3) is 10.0 Å².